The van der Waals surface area contributed by atoms with Crippen molar-refractivity contribution in [2.45, 2.75) is 13.1 Å². The van der Waals surface area contributed by atoms with Crippen molar-refractivity contribution < 1.29 is 14.3 Å². The summed E-state index contributed by atoms with van der Waals surface area (Å²) in [5.41, 5.74) is 0.857. The van der Waals surface area contributed by atoms with Crippen molar-refractivity contribution >= 4 is 5.97 Å². The lowest BCUT2D eigenvalue weighted by Gasteiger charge is -2.25. The van der Waals surface area contributed by atoms with Crippen LogP contribution in [0.15, 0.2) is 22.8 Å². The number of imidazole rings is 1. The number of hydrogen-bond donors (Lipinski definition) is 1. The number of furan rings is 1. The molecule has 2 aromatic heterocycles. The summed E-state index contributed by atoms with van der Waals surface area (Å²) in [7, 11) is 1.97. The monoisotopic (exact) mass is 247 g/mol. The molecule has 0 bridgehead atoms. The number of nitrogens with zero attached hydrogens (tertiary/aromatic N) is 3. The Hall–Kier alpha value is -2.08. The van der Waals surface area contributed by atoms with Gasteiger partial charge in [-0.3, -0.25) is 4.90 Å². The Morgan fingerprint density at radius 3 is 3.00 bits per heavy atom. The normalized spacial score (nSPS) is 15.6. The highest BCUT2D eigenvalue weighted by atomic mass is 16.4. The molecule has 3 heterocycles. The molecule has 0 radical (unpaired) electrons. The van der Waals surface area contributed by atoms with Crippen LogP contribution in [0.2, 0.25) is 0 Å². The van der Waals surface area contributed by atoms with Crippen molar-refractivity contribution in [1.29, 1.82) is 0 Å². The molecule has 3 rings (SSSR count). The molecule has 0 aliphatic carbocycles. The molecule has 0 atom stereocenters. The van der Waals surface area contributed by atoms with Gasteiger partial charge in [-0.1, -0.05) is 0 Å². The lowest BCUT2D eigenvalue weighted by molar-refractivity contribution is 0.0687. The molecule has 0 saturated heterocycles. The van der Waals surface area contributed by atoms with Gasteiger partial charge in [0.2, 0.25) is 0 Å². The molecule has 6 heteroatoms. The maximum absolute atomic E-state index is 11.2. The molecular weight excluding hydrogens is 234 g/mol. The van der Waals surface area contributed by atoms with Crippen molar-refractivity contribution in [3.8, 4) is 11.6 Å². The number of carboxylic acid groups (broad SMARTS) is 1. The molecule has 0 amide bonds. The van der Waals surface area contributed by atoms with E-state index in [4.69, 9.17) is 4.42 Å². The van der Waals surface area contributed by atoms with E-state index in [0.29, 0.717) is 18.1 Å². The zero-order valence-corrected chi connectivity index (χ0v) is 9.96. The van der Waals surface area contributed by atoms with Gasteiger partial charge in [0.25, 0.3) is 0 Å². The fourth-order valence-corrected chi connectivity index (χ4v) is 2.26. The maximum Gasteiger partial charge on any atom is 0.356 e. The number of carboxylic acids is 1. The van der Waals surface area contributed by atoms with Gasteiger partial charge in [0.1, 0.15) is 0 Å². The van der Waals surface area contributed by atoms with Crippen molar-refractivity contribution in [1.82, 2.24) is 14.5 Å². The predicted octanol–water partition coefficient (Wildman–Crippen LogP) is 1.29. The van der Waals surface area contributed by atoms with Gasteiger partial charge >= 0.3 is 5.97 Å². The molecule has 1 aliphatic heterocycles. The molecule has 1 aliphatic rings. The zero-order chi connectivity index (χ0) is 12.7. The number of carbonyl (C=O) groups is 1. The van der Waals surface area contributed by atoms with E-state index in [9.17, 15) is 9.90 Å². The van der Waals surface area contributed by atoms with Gasteiger partial charge in [0, 0.05) is 19.6 Å². The van der Waals surface area contributed by atoms with Crippen molar-refractivity contribution in [2.75, 3.05) is 13.6 Å². The standard InChI is InChI=1S/C12H13N3O3/c1-14-4-5-15-8(7-14)10(12(16)17)13-11(15)9-3-2-6-18-9/h2-3,6H,4-5,7H2,1H3,(H,16,17). The molecular formula is C12H13N3O3. The van der Waals surface area contributed by atoms with E-state index in [0.717, 1.165) is 18.8 Å². The molecule has 2 aromatic rings. The summed E-state index contributed by atoms with van der Waals surface area (Å²) in [4.78, 5) is 17.5. The minimum absolute atomic E-state index is 0.118. The highest BCUT2D eigenvalue weighted by Crippen LogP contribution is 2.26. The first kappa shape index (κ1) is 11.0. The zero-order valence-electron chi connectivity index (χ0n) is 9.96. The van der Waals surface area contributed by atoms with Gasteiger partial charge in [0.05, 0.1) is 12.0 Å². The molecule has 0 unspecified atom stereocenters. The van der Waals surface area contributed by atoms with Crippen LogP contribution in [0.3, 0.4) is 0 Å². The van der Waals surface area contributed by atoms with Crippen molar-refractivity contribution in [2.24, 2.45) is 0 Å². The smallest absolute Gasteiger partial charge is 0.356 e. The number of fused-ring (bicyclic) bond motifs is 1. The van der Waals surface area contributed by atoms with Crippen molar-refractivity contribution in [3.63, 3.8) is 0 Å². The third-order valence-electron chi connectivity index (χ3n) is 3.14. The quantitative estimate of drug-likeness (QED) is 0.865. The van der Waals surface area contributed by atoms with E-state index >= 15 is 0 Å². The Bertz CT molecular complexity index is 586. The molecule has 0 fully saturated rings. The largest absolute Gasteiger partial charge is 0.476 e. The lowest BCUT2D eigenvalue weighted by Crippen LogP contribution is -2.31. The van der Waals surface area contributed by atoms with Gasteiger partial charge < -0.3 is 14.1 Å². The van der Waals surface area contributed by atoms with E-state index in [1.807, 2.05) is 11.6 Å². The summed E-state index contributed by atoms with van der Waals surface area (Å²) in [5, 5.41) is 9.21. The predicted molar refractivity (Wildman–Crippen MR) is 63.2 cm³/mol. The minimum Gasteiger partial charge on any atom is -0.476 e. The van der Waals surface area contributed by atoms with Crippen LogP contribution in [-0.2, 0) is 13.1 Å². The van der Waals surface area contributed by atoms with Crippen LogP contribution in [0.1, 0.15) is 16.2 Å². The Kier molecular flexibility index (Phi) is 2.45. The van der Waals surface area contributed by atoms with Gasteiger partial charge in [-0.05, 0) is 19.2 Å². The first-order valence-corrected chi connectivity index (χ1v) is 5.72. The Morgan fingerprint density at radius 1 is 1.50 bits per heavy atom. The van der Waals surface area contributed by atoms with Crippen LogP contribution in [0.5, 0.6) is 0 Å². The summed E-state index contributed by atoms with van der Waals surface area (Å²) >= 11 is 0. The topological polar surface area (TPSA) is 71.5 Å². The number of rotatable bonds is 2. The van der Waals surface area contributed by atoms with E-state index < -0.39 is 5.97 Å². The Morgan fingerprint density at radius 2 is 2.33 bits per heavy atom. The summed E-state index contributed by atoms with van der Waals surface area (Å²) in [6.45, 7) is 2.19. The second-order valence-corrected chi connectivity index (χ2v) is 4.40. The van der Waals surface area contributed by atoms with E-state index in [-0.39, 0.29) is 5.69 Å². The lowest BCUT2D eigenvalue weighted by atomic mass is 10.2. The molecule has 1 N–H and O–H groups in total. The van der Waals surface area contributed by atoms with Crippen molar-refractivity contribution in [3.05, 3.63) is 29.8 Å². The number of aromatic carboxylic acids is 1. The molecule has 18 heavy (non-hydrogen) atoms. The first-order chi connectivity index (χ1) is 8.66. The third kappa shape index (κ3) is 1.62. The highest BCUT2D eigenvalue weighted by Gasteiger charge is 2.27. The Labute approximate surface area is 103 Å². The fraction of sp³-hybridized carbons (Fsp3) is 0.333. The van der Waals surface area contributed by atoms with Gasteiger partial charge in [-0.2, -0.15) is 0 Å². The number of likely N-dealkylation sites (N-methyl/N-ethyl adjacent to an activating group) is 1. The summed E-state index contributed by atoms with van der Waals surface area (Å²) in [6.07, 6.45) is 1.56. The SMILES string of the molecule is CN1CCn2c(-c3ccco3)nc(C(=O)O)c2C1. The van der Waals surface area contributed by atoms with Gasteiger partial charge in [0.15, 0.2) is 17.3 Å². The van der Waals surface area contributed by atoms with Crippen LogP contribution in [0.4, 0.5) is 0 Å². The summed E-state index contributed by atoms with van der Waals surface area (Å²) in [5.74, 6) is 0.209. The van der Waals surface area contributed by atoms with Crippen LogP contribution < -0.4 is 0 Å². The second-order valence-electron chi connectivity index (χ2n) is 4.40. The molecule has 0 aromatic carbocycles. The fourth-order valence-electron chi connectivity index (χ4n) is 2.26. The summed E-state index contributed by atoms with van der Waals surface area (Å²) < 4.78 is 7.25. The molecule has 0 saturated carbocycles. The second kappa shape index (κ2) is 3.99. The van der Waals surface area contributed by atoms with Gasteiger partial charge in [-0.25, -0.2) is 9.78 Å². The van der Waals surface area contributed by atoms with Crippen LogP contribution >= 0.6 is 0 Å². The first-order valence-electron chi connectivity index (χ1n) is 5.72. The number of hydrogen-bond acceptors (Lipinski definition) is 4. The highest BCUT2D eigenvalue weighted by molar-refractivity contribution is 5.87. The number of aromatic nitrogens is 2. The molecule has 94 valence electrons. The van der Waals surface area contributed by atoms with Crippen LogP contribution in [0.25, 0.3) is 11.6 Å². The average molecular weight is 247 g/mol. The van der Waals surface area contributed by atoms with E-state index in [1.54, 1.807) is 18.4 Å². The summed E-state index contributed by atoms with van der Waals surface area (Å²) in [6, 6.07) is 3.56. The minimum atomic E-state index is -0.994. The van der Waals surface area contributed by atoms with Crippen LogP contribution in [0, 0.1) is 0 Å². The van der Waals surface area contributed by atoms with E-state index in [2.05, 4.69) is 9.88 Å². The Balaban J connectivity index is 2.17. The average Bonchev–Trinajstić information content (AvgIpc) is 2.93. The van der Waals surface area contributed by atoms with Gasteiger partial charge in [-0.15, -0.1) is 0 Å². The molecule has 6 nitrogen and oxygen atoms in total. The maximum atomic E-state index is 11.2. The van der Waals surface area contributed by atoms with Crippen LogP contribution in [-0.4, -0.2) is 39.1 Å². The molecule has 0 spiro atoms. The third-order valence-corrected chi connectivity index (χ3v) is 3.14. The van der Waals surface area contributed by atoms with E-state index in [1.165, 1.54) is 0 Å².